The first-order chi connectivity index (χ1) is 13.0. The van der Waals surface area contributed by atoms with Gasteiger partial charge in [0.05, 0.1) is 15.9 Å². The summed E-state index contributed by atoms with van der Waals surface area (Å²) in [7, 11) is 0. The summed E-state index contributed by atoms with van der Waals surface area (Å²) in [6.07, 6.45) is 0. The zero-order valence-electron chi connectivity index (χ0n) is 14.8. The molecule has 0 spiro atoms. The van der Waals surface area contributed by atoms with E-state index in [2.05, 4.69) is 15.4 Å². The molecule has 136 valence electrons. The van der Waals surface area contributed by atoms with E-state index in [1.54, 1.807) is 22.9 Å². The molecule has 1 N–H and O–H groups in total. The fraction of sp³-hybridized carbons (Fsp3) is 0.150. The largest absolute Gasteiger partial charge is 0.320 e. The summed E-state index contributed by atoms with van der Waals surface area (Å²) >= 11 is 1.52. The Morgan fingerprint density at radius 1 is 1.15 bits per heavy atom. The second-order valence-electron chi connectivity index (χ2n) is 6.45. The third-order valence-corrected chi connectivity index (χ3v) is 5.12. The van der Waals surface area contributed by atoms with E-state index in [0.717, 1.165) is 15.9 Å². The SMILES string of the molecule is CC(C)c1cc(C(=O)Nc2cccc(F)c2)nn1-c1nc2ccccc2s1. The van der Waals surface area contributed by atoms with Crippen LogP contribution in [-0.4, -0.2) is 20.7 Å². The van der Waals surface area contributed by atoms with E-state index in [9.17, 15) is 9.18 Å². The van der Waals surface area contributed by atoms with Crippen molar-refractivity contribution < 1.29 is 9.18 Å². The van der Waals surface area contributed by atoms with Gasteiger partial charge in [-0.05, 0) is 42.3 Å². The van der Waals surface area contributed by atoms with Crippen molar-refractivity contribution in [2.24, 2.45) is 0 Å². The van der Waals surface area contributed by atoms with Crippen LogP contribution in [-0.2, 0) is 0 Å². The number of rotatable bonds is 4. The van der Waals surface area contributed by atoms with E-state index in [4.69, 9.17) is 0 Å². The van der Waals surface area contributed by atoms with Gasteiger partial charge in [-0.25, -0.2) is 14.1 Å². The van der Waals surface area contributed by atoms with Crippen LogP contribution in [0.5, 0.6) is 0 Å². The Morgan fingerprint density at radius 3 is 2.70 bits per heavy atom. The lowest BCUT2D eigenvalue weighted by Gasteiger charge is -2.05. The van der Waals surface area contributed by atoms with Gasteiger partial charge < -0.3 is 5.32 Å². The molecule has 2 aromatic heterocycles. The lowest BCUT2D eigenvalue weighted by molar-refractivity contribution is 0.102. The molecule has 0 aliphatic rings. The van der Waals surface area contributed by atoms with Crippen molar-refractivity contribution >= 4 is 33.1 Å². The number of carbonyl (C=O) groups excluding carboxylic acids is 1. The summed E-state index contributed by atoms with van der Waals surface area (Å²) in [5.41, 5.74) is 2.44. The number of nitrogens with one attached hydrogen (secondary N) is 1. The average Bonchev–Trinajstić information content (AvgIpc) is 3.26. The molecular weight excluding hydrogens is 363 g/mol. The monoisotopic (exact) mass is 380 g/mol. The Bertz CT molecular complexity index is 1100. The first kappa shape index (κ1) is 17.4. The molecule has 2 aromatic carbocycles. The number of amides is 1. The van der Waals surface area contributed by atoms with E-state index in [-0.39, 0.29) is 17.5 Å². The molecule has 0 fully saturated rings. The maximum atomic E-state index is 13.3. The maximum Gasteiger partial charge on any atom is 0.276 e. The third-order valence-electron chi connectivity index (χ3n) is 4.11. The van der Waals surface area contributed by atoms with Gasteiger partial charge >= 0.3 is 0 Å². The van der Waals surface area contributed by atoms with Crippen LogP contribution in [0, 0.1) is 5.82 Å². The van der Waals surface area contributed by atoms with E-state index >= 15 is 0 Å². The molecular formula is C20H17FN4OS. The number of halogens is 1. The van der Waals surface area contributed by atoms with Crippen LogP contribution in [0.15, 0.2) is 54.6 Å². The molecule has 7 heteroatoms. The number of hydrogen-bond donors (Lipinski definition) is 1. The zero-order chi connectivity index (χ0) is 19.0. The van der Waals surface area contributed by atoms with Crippen molar-refractivity contribution in [3.8, 4) is 5.13 Å². The molecule has 0 unspecified atom stereocenters. The summed E-state index contributed by atoms with van der Waals surface area (Å²) in [6.45, 7) is 4.07. The standard InChI is InChI=1S/C20H17FN4OS/c1-12(2)17-11-16(19(26)22-14-7-5-6-13(21)10-14)24-25(17)20-23-15-8-3-4-9-18(15)27-20/h3-12H,1-2H3,(H,22,26). The maximum absolute atomic E-state index is 13.3. The van der Waals surface area contributed by atoms with Crippen molar-refractivity contribution in [2.75, 3.05) is 5.32 Å². The van der Waals surface area contributed by atoms with Gasteiger partial charge in [-0.15, -0.1) is 0 Å². The Hall–Kier alpha value is -3.06. The van der Waals surface area contributed by atoms with Crippen molar-refractivity contribution in [3.05, 3.63) is 71.8 Å². The zero-order valence-corrected chi connectivity index (χ0v) is 15.6. The van der Waals surface area contributed by atoms with Crippen LogP contribution in [0.2, 0.25) is 0 Å². The molecule has 0 atom stereocenters. The Balaban J connectivity index is 1.71. The van der Waals surface area contributed by atoms with Gasteiger partial charge in [-0.3, -0.25) is 4.79 Å². The van der Waals surface area contributed by atoms with Crippen LogP contribution in [0.25, 0.3) is 15.3 Å². The molecule has 0 bridgehead atoms. The minimum absolute atomic E-state index is 0.153. The summed E-state index contributed by atoms with van der Waals surface area (Å²) in [6, 6.07) is 15.4. The van der Waals surface area contributed by atoms with Gasteiger partial charge in [-0.1, -0.05) is 43.4 Å². The van der Waals surface area contributed by atoms with Crippen LogP contribution in [0.4, 0.5) is 10.1 Å². The van der Waals surface area contributed by atoms with Gasteiger partial charge in [0.2, 0.25) is 5.13 Å². The Labute approximate surface area is 159 Å². The first-order valence-corrected chi connectivity index (χ1v) is 9.36. The molecule has 0 radical (unpaired) electrons. The Kier molecular flexibility index (Phi) is 4.45. The van der Waals surface area contributed by atoms with E-state index in [1.807, 2.05) is 38.1 Å². The van der Waals surface area contributed by atoms with Crippen LogP contribution in [0.3, 0.4) is 0 Å². The van der Waals surface area contributed by atoms with Gasteiger partial charge in [0.25, 0.3) is 5.91 Å². The lowest BCUT2D eigenvalue weighted by Crippen LogP contribution is -2.13. The molecule has 4 aromatic rings. The highest BCUT2D eigenvalue weighted by Gasteiger charge is 2.19. The fourth-order valence-corrected chi connectivity index (χ4v) is 3.72. The Morgan fingerprint density at radius 2 is 1.96 bits per heavy atom. The van der Waals surface area contributed by atoms with Crippen LogP contribution < -0.4 is 5.32 Å². The predicted octanol–water partition coefficient (Wildman–Crippen LogP) is 5.00. The van der Waals surface area contributed by atoms with Crippen molar-refractivity contribution in [1.29, 1.82) is 0 Å². The lowest BCUT2D eigenvalue weighted by atomic mass is 10.1. The minimum Gasteiger partial charge on any atom is -0.320 e. The topological polar surface area (TPSA) is 59.8 Å². The smallest absolute Gasteiger partial charge is 0.276 e. The van der Waals surface area contributed by atoms with Crippen LogP contribution in [0.1, 0.15) is 35.9 Å². The quantitative estimate of drug-likeness (QED) is 0.542. The highest BCUT2D eigenvalue weighted by molar-refractivity contribution is 7.20. The fourth-order valence-electron chi connectivity index (χ4n) is 2.78. The number of benzene rings is 2. The number of anilines is 1. The second-order valence-corrected chi connectivity index (χ2v) is 7.46. The normalized spacial score (nSPS) is 11.3. The molecule has 0 aliphatic carbocycles. The number of para-hydroxylation sites is 1. The summed E-state index contributed by atoms with van der Waals surface area (Å²) in [5.74, 6) is -0.640. The third kappa shape index (κ3) is 3.46. The predicted molar refractivity (Wildman–Crippen MR) is 105 cm³/mol. The molecule has 0 saturated carbocycles. The minimum atomic E-state index is -0.407. The number of hydrogen-bond acceptors (Lipinski definition) is 4. The van der Waals surface area contributed by atoms with E-state index in [1.165, 1.54) is 23.5 Å². The van der Waals surface area contributed by atoms with Gasteiger partial charge in [-0.2, -0.15) is 5.10 Å². The van der Waals surface area contributed by atoms with Gasteiger partial charge in [0.15, 0.2) is 5.69 Å². The second kappa shape index (κ2) is 6.92. The molecule has 2 heterocycles. The first-order valence-electron chi connectivity index (χ1n) is 8.54. The number of nitrogens with zero attached hydrogens (tertiary/aromatic N) is 3. The van der Waals surface area contributed by atoms with Gasteiger partial charge in [0, 0.05) is 5.69 Å². The number of fused-ring (bicyclic) bond motifs is 1. The molecule has 0 aliphatic heterocycles. The molecule has 4 rings (SSSR count). The summed E-state index contributed by atoms with van der Waals surface area (Å²) < 4.78 is 16.1. The molecule has 0 saturated heterocycles. The molecule has 5 nitrogen and oxygen atoms in total. The van der Waals surface area contributed by atoms with Crippen LogP contribution >= 0.6 is 11.3 Å². The highest BCUT2D eigenvalue weighted by Crippen LogP contribution is 2.28. The highest BCUT2D eigenvalue weighted by atomic mass is 32.1. The molecule has 1 amide bonds. The van der Waals surface area contributed by atoms with Crippen molar-refractivity contribution in [3.63, 3.8) is 0 Å². The summed E-state index contributed by atoms with van der Waals surface area (Å²) in [4.78, 5) is 17.2. The van der Waals surface area contributed by atoms with Gasteiger partial charge in [0.1, 0.15) is 5.82 Å². The number of aromatic nitrogens is 3. The van der Waals surface area contributed by atoms with E-state index in [0.29, 0.717) is 10.8 Å². The van der Waals surface area contributed by atoms with Crippen molar-refractivity contribution in [1.82, 2.24) is 14.8 Å². The molecule has 27 heavy (non-hydrogen) atoms. The number of carbonyl (C=O) groups is 1. The number of thiazole rings is 1. The summed E-state index contributed by atoms with van der Waals surface area (Å²) in [5, 5.41) is 7.87. The average molecular weight is 380 g/mol. The van der Waals surface area contributed by atoms with E-state index < -0.39 is 5.82 Å². The van der Waals surface area contributed by atoms with Crippen molar-refractivity contribution in [2.45, 2.75) is 19.8 Å².